The summed E-state index contributed by atoms with van der Waals surface area (Å²) in [7, 11) is -0.751. The van der Waals surface area contributed by atoms with Crippen molar-refractivity contribution in [1.82, 2.24) is 4.72 Å². The lowest BCUT2D eigenvalue weighted by atomic mass is 10.1. The van der Waals surface area contributed by atoms with Crippen LogP contribution in [0.1, 0.15) is 24.8 Å². The van der Waals surface area contributed by atoms with Gasteiger partial charge in [-0.2, -0.15) is 0 Å². The maximum absolute atomic E-state index is 12.6. The number of nitrogens with zero attached hydrogens (tertiary/aromatic N) is 1. The Kier molecular flexibility index (Phi) is 6.19. The number of hydrogen-bond acceptors (Lipinski definition) is 6. The summed E-state index contributed by atoms with van der Waals surface area (Å²) in [6.07, 6.45) is 1.15. The Morgan fingerprint density at radius 1 is 0.931 bits per heavy atom. The first-order chi connectivity index (χ1) is 13.9. The van der Waals surface area contributed by atoms with E-state index < -0.39 is 10.0 Å². The average molecular weight is 418 g/mol. The van der Waals surface area contributed by atoms with Gasteiger partial charge in [0.15, 0.2) is 11.5 Å². The number of amides is 2. The zero-order valence-corrected chi connectivity index (χ0v) is 17.0. The minimum Gasteiger partial charge on any atom is -0.493 e. The van der Waals surface area contributed by atoms with Gasteiger partial charge >= 0.3 is 0 Å². The van der Waals surface area contributed by atoms with Crippen LogP contribution >= 0.6 is 0 Å². The molecule has 2 amide bonds. The van der Waals surface area contributed by atoms with Gasteiger partial charge in [0.25, 0.3) is 0 Å². The zero-order chi connectivity index (χ0) is 21.0. The molecule has 0 radical (unpaired) electrons. The molecule has 0 saturated carbocycles. The Morgan fingerprint density at radius 2 is 1.55 bits per heavy atom. The van der Waals surface area contributed by atoms with E-state index in [1.54, 1.807) is 18.2 Å². The van der Waals surface area contributed by atoms with Gasteiger partial charge in [-0.15, -0.1) is 0 Å². The number of piperidine rings is 1. The molecule has 0 aliphatic carbocycles. The summed E-state index contributed by atoms with van der Waals surface area (Å²) in [4.78, 5) is 25.1. The molecule has 1 saturated heterocycles. The zero-order valence-electron chi connectivity index (χ0n) is 16.2. The van der Waals surface area contributed by atoms with E-state index in [1.165, 1.54) is 38.5 Å². The fourth-order valence-corrected chi connectivity index (χ4v) is 4.09. The van der Waals surface area contributed by atoms with Gasteiger partial charge in [0.1, 0.15) is 0 Å². The molecule has 29 heavy (non-hydrogen) atoms. The molecule has 154 valence electrons. The number of anilines is 1. The topological polar surface area (TPSA) is 102 Å². The summed E-state index contributed by atoms with van der Waals surface area (Å²) in [6.45, 7) is 0.0630. The van der Waals surface area contributed by atoms with Crippen LogP contribution in [-0.2, 0) is 26.2 Å². The third kappa shape index (κ3) is 4.57. The fraction of sp³-hybridized carbons (Fsp3) is 0.300. The number of methoxy groups -OCH3 is 2. The molecule has 2 aromatic carbocycles. The van der Waals surface area contributed by atoms with E-state index in [2.05, 4.69) is 4.72 Å². The van der Waals surface area contributed by atoms with Crippen LogP contribution in [0.3, 0.4) is 0 Å². The Labute approximate surface area is 169 Å². The molecule has 1 heterocycles. The van der Waals surface area contributed by atoms with Gasteiger partial charge in [-0.3, -0.25) is 14.5 Å². The maximum atomic E-state index is 12.6. The van der Waals surface area contributed by atoms with Crippen LogP contribution in [0.4, 0.5) is 5.69 Å². The molecule has 1 aliphatic rings. The van der Waals surface area contributed by atoms with Gasteiger partial charge in [0.2, 0.25) is 21.8 Å². The first-order valence-corrected chi connectivity index (χ1v) is 10.5. The maximum Gasteiger partial charge on any atom is 0.240 e. The van der Waals surface area contributed by atoms with E-state index in [0.29, 0.717) is 42.0 Å². The first-order valence-electron chi connectivity index (χ1n) is 9.02. The van der Waals surface area contributed by atoms with Crippen LogP contribution in [0.2, 0.25) is 0 Å². The molecule has 0 aromatic heterocycles. The summed E-state index contributed by atoms with van der Waals surface area (Å²) in [6, 6.07) is 10.8. The standard InChI is InChI=1S/C20H22N2O6S/c1-27-17-11-6-14(12-18(17)28-2)13-21-29(25,26)16-9-7-15(8-10-16)22-19(23)4-3-5-20(22)24/h6-12,21H,3-5,13H2,1-2H3. The average Bonchev–Trinajstić information content (AvgIpc) is 2.72. The van der Waals surface area contributed by atoms with Crippen LogP contribution in [0.25, 0.3) is 0 Å². The lowest BCUT2D eigenvalue weighted by molar-refractivity contribution is -0.129. The summed E-state index contributed by atoms with van der Waals surface area (Å²) >= 11 is 0. The lowest BCUT2D eigenvalue weighted by Crippen LogP contribution is -2.40. The quantitative estimate of drug-likeness (QED) is 0.692. The Morgan fingerprint density at radius 3 is 2.14 bits per heavy atom. The van der Waals surface area contributed by atoms with Gasteiger partial charge in [-0.1, -0.05) is 6.07 Å². The van der Waals surface area contributed by atoms with Gasteiger partial charge < -0.3 is 9.47 Å². The molecule has 8 nitrogen and oxygen atoms in total. The number of rotatable bonds is 7. The van der Waals surface area contributed by atoms with E-state index in [1.807, 2.05) is 0 Å². The second-order valence-electron chi connectivity index (χ2n) is 6.48. The second-order valence-corrected chi connectivity index (χ2v) is 8.25. The third-order valence-electron chi connectivity index (χ3n) is 4.60. The number of sulfonamides is 1. The van der Waals surface area contributed by atoms with Crippen LogP contribution in [-0.4, -0.2) is 34.5 Å². The van der Waals surface area contributed by atoms with Gasteiger partial charge in [0, 0.05) is 19.4 Å². The SMILES string of the molecule is COc1ccc(CNS(=O)(=O)c2ccc(N3C(=O)CCCC3=O)cc2)cc1OC. The van der Waals surface area contributed by atoms with E-state index in [0.717, 1.165) is 4.90 Å². The van der Waals surface area contributed by atoms with Gasteiger partial charge in [-0.05, 0) is 48.4 Å². The molecule has 0 bridgehead atoms. The van der Waals surface area contributed by atoms with Crippen LogP contribution in [0.15, 0.2) is 47.4 Å². The molecular formula is C20H22N2O6S. The van der Waals surface area contributed by atoms with Crippen LogP contribution in [0, 0.1) is 0 Å². The molecule has 0 spiro atoms. The number of nitrogens with one attached hydrogen (secondary N) is 1. The van der Waals surface area contributed by atoms with E-state index in [4.69, 9.17) is 9.47 Å². The van der Waals surface area contributed by atoms with E-state index in [-0.39, 0.29) is 23.3 Å². The van der Waals surface area contributed by atoms with Crippen molar-refractivity contribution in [2.24, 2.45) is 0 Å². The monoisotopic (exact) mass is 418 g/mol. The molecule has 1 fully saturated rings. The predicted molar refractivity (Wildman–Crippen MR) is 106 cm³/mol. The highest BCUT2D eigenvalue weighted by molar-refractivity contribution is 7.89. The minimum atomic E-state index is -3.78. The van der Waals surface area contributed by atoms with Crippen molar-refractivity contribution in [3.8, 4) is 11.5 Å². The van der Waals surface area contributed by atoms with Gasteiger partial charge in [0.05, 0.1) is 24.8 Å². The van der Waals surface area contributed by atoms with Crippen molar-refractivity contribution in [2.75, 3.05) is 19.1 Å². The van der Waals surface area contributed by atoms with E-state index in [9.17, 15) is 18.0 Å². The highest BCUT2D eigenvalue weighted by atomic mass is 32.2. The molecule has 1 aliphatic heterocycles. The van der Waals surface area contributed by atoms with Crippen molar-refractivity contribution in [1.29, 1.82) is 0 Å². The number of hydrogen-bond donors (Lipinski definition) is 1. The second kappa shape index (κ2) is 8.62. The first kappa shape index (κ1) is 20.8. The molecule has 0 atom stereocenters. The number of imide groups is 1. The van der Waals surface area contributed by atoms with Crippen molar-refractivity contribution < 1.29 is 27.5 Å². The van der Waals surface area contributed by atoms with Crippen LogP contribution < -0.4 is 19.1 Å². The summed E-state index contributed by atoms with van der Waals surface area (Å²) < 4.78 is 38.1. The highest BCUT2D eigenvalue weighted by Gasteiger charge is 2.27. The van der Waals surface area contributed by atoms with Crippen molar-refractivity contribution in [2.45, 2.75) is 30.7 Å². The number of benzene rings is 2. The summed E-state index contributed by atoms with van der Waals surface area (Å²) in [5, 5.41) is 0. The molecule has 2 aromatic rings. The number of ether oxygens (including phenoxy) is 2. The summed E-state index contributed by atoms with van der Waals surface area (Å²) in [5.74, 6) is 0.507. The smallest absolute Gasteiger partial charge is 0.240 e. The van der Waals surface area contributed by atoms with E-state index >= 15 is 0 Å². The lowest BCUT2D eigenvalue weighted by Gasteiger charge is -2.24. The third-order valence-corrected chi connectivity index (χ3v) is 6.02. The molecule has 3 rings (SSSR count). The summed E-state index contributed by atoms with van der Waals surface area (Å²) in [5.41, 5.74) is 1.07. The fourth-order valence-electron chi connectivity index (χ4n) is 3.07. The van der Waals surface area contributed by atoms with Crippen LogP contribution in [0.5, 0.6) is 11.5 Å². The normalized spacial score (nSPS) is 14.8. The predicted octanol–water partition coefficient (Wildman–Crippen LogP) is 2.23. The minimum absolute atomic E-state index is 0.0404. The highest BCUT2D eigenvalue weighted by Crippen LogP contribution is 2.28. The molecular weight excluding hydrogens is 396 g/mol. The Balaban J connectivity index is 1.73. The molecule has 1 N–H and O–H groups in total. The van der Waals surface area contributed by atoms with Crippen molar-refractivity contribution in [3.63, 3.8) is 0 Å². The molecule has 9 heteroatoms. The number of carbonyl (C=O) groups is 2. The van der Waals surface area contributed by atoms with Gasteiger partial charge in [-0.25, -0.2) is 13.1 Å². The van der Waals surface area contributed by atoms with Crippen molar-refractivity contribution >= 4 is 27.5 Å². The van der Waals surface area contributed by atoms with Crippen molar-refractivity contribution in [3.05, 3.63) is 48.0 Å². The Bertz CT molecular complexity index is 1000. The molecule has 0 unspecified atom stereocenters. The Hall–Kier alpha value is -2.91. The number of carbonyl (C=O) groups excluding carboxylic acids is 2. The largest absolute Gasteiger partial charge is 0.493 e.